The summed E-state index contributed by atoms with van der Waals surface area (Å²) in [5.41, 5.74) is 2.84. The van der Waals surface area contributed by atoms with Gasteiger partial charge < -0.3 is 15.1 Å². The van der Waals surface area contributed by atoms with E-state index in [0.29, 0.717) is 10.7 Å². The molecule has 0 unspecified atom stereocenters. The highest BCUT2D eigenvalue weighted by molar-refractivity contribution is 9.10. The molecule has 26 heavy (non-hydrogen) atoms. The SMILES string of the molecule is Cc1nn(CCCNC(=S)Nc2ccc3c(C)cc(=O)oc3c2)cc1Br. The van der Waals surface area contributed by atoms with Crippen LogP contribution >= 0.6 is 28.1 Å². The van der Waals surface area contributed by atoms with Crippen LogP contribution in [0.2, 0.25) is 0 Å². The zero-order valence-corrected chi connectivity index (χ0v) is 16.9. The Balaban J connectivity index is 1.53. The molecule has 0 saturated heterocycles. The van der Waals surface area contributed by atoms with Crippen molar-refractivity contribution in [1.82, 2.24) is 15.1 Å². The first-order valence-electron chi connectivity index (χ1n) is 8.21. The van der Waals surface area contributed by atoms with E-state index < -0.39 is 0 Å². The predicted molar refractivity (Wildman–Crippen MR) is 111 cm³/mol. The van der Waals surface area contributed by atoms with Crippen LogP contribution in [0.1, 0.15) is 17.7 Å². The van der Waals surface area contributed by atoms with Gasteiger partial charge in [-0.3, -0.25) is 4.68 Å². The van der Waals surface area contributed by atoms with E-state index in [-0.39, 0.29) is 5.63 Å². The number of nitrogens with one attached hydrogen (secondary N) is 2. The smallest absolute Gasteiger partial charge is 0.336 e. The van der Waals surface area contributed by atoms with Gasteiger partial charge in [-0.2, -0.15) is 5.10 Å². The van der Waals surface area contributed by atoms with Gasteiger partial charge in [-0.05, 0) is 66.1 Å². The Morgan fingerprint density at radius 1 is 1.35 bits per heavy atom. The number of fused-ring (bicyclic) bond motifs is 1. The van der Waals surface area contributed by atoms with Crippen LogP contribution in [0.3, 0.4) is 0 Å². The zero-order chi connectivity index (χ0) is 18.7. The summed E-state index contributed by atoms with van der Waals surface area (Å²) < 4.78 is 8.17. The molecule has 3 rings (SSSR count). The topological polar surface area (TPSA) is 72.1 Å². The van der Waals surface area contributed by atoms with Crippen LogP contribution in [-0.4, -0.2) is 21.4 Å². The predicted octanol–water partition coefficient (Wildman–Crippen LogP) is 3.75. The van der Waals surface area contributed by atoms with Gasteiger partial charge in [0.2, 0.25) is 0 Å². The van der Waals surface area contributed by atoms with Gasteiger partial charge in [0.25, 0.3) is 0 Å². The van der Waals surface area contributed by atoms with E-state index in [1.165, 1.54) is 6.07 Å². The molecule has 0 radical (unpaired) electrons. The van der Waals surface area contributed by atoms with Gasteiger partial charge in [-0.15, -0.1) is 0 Å². The van der Waals surface area contributed by atoms with Gasteiger partial charge in [-0.1, -0.05) is 0 Å². The monoisotopic (exact) mass is 434 g/mol. The Kier molecular flexibility index (Phi) is 5.73. The molecule has 0 aliphatic heterocycles. The number of aromatic nitrogens is 2. The molecular weight excluding hydrogens is 416 g/mol. The molecule has 0 amide bonds. The van der Waals surface area contributed by atoms with Crippen LogP contribution in [0.25, 0.3) is 11.0 Å². The Morgan fingerprint density at radius 2 is 2.15 bits per heavy atom. The molecule has 0 fully saturated rings. The third-order valence-corrected chi connectivity index (χ3v) is 4.97. The maximum atomic E-state index is 11.5. The van der Waals surface area contributed by atoms with Crippen molar-refractivity contribution in [3.8, 4) is 0 Å². The fourth-order valence-electron chi connectivity index (χ4n) is 2.63. The number of nitrogens with zero attached hydrogens (tertiary/aromatic N) is 2. The Bertz CT molecular complexity index is 993. The molecule has 0 saturated carbocycles. The summed E-state index contributed by atoms with van der Waals surface area (Å²) in [5, 5.41) is 12.1. The van der Waals surface area contributed by atoms with E-state index in [1.54, 1.807) is 6.07 Å². The maximum Gasteiger partial charge on any atom is 0.336 e. The summed E-state index contributed by atoms with van der Waals surface area (Å²) in [6.07, 6.45) is 2.86. The lowest BCUT2D eigenvalue weighted by atomic mass is 10.1. The summed E-state index contributed by atoms with van der Waals surface area (Å²) in [7, 11) is 0. The van der Waals surface area contributed by atoms with Crippen molar-refractivity contribution >= 4 is 49.9 Å². The van der Waals surface area contributed by atoms with Crippen LogP contribution in [0, 0.1) is 13.8 Å². The summed E-state index contributed by atoms with van der Waals surface area (Å²) >= 11 is 8.78. The van der Waals surface area contributed by atoms with Gasteiger partial charge in [0.05, 0.1) is 10.2 Å². The highest BCUT2D eigenvalue weighted by Gasteiger charge is 2.05. The summed E-state index contributed by atoms with van der Waals surface area (Å²) in [4.78, 5) is 11.5. The van der Waals surface area contributed by atoms with E-state index in [4.69, 9.17) is 16.6 Å². The lowest BCUT2D eigenvalue weighted by molar-refractivity contribution is 0.560. The number of anilines is 1. The van der Waals surface area contributed by atoms with Gasteiger partial charge in [0, 0.05) is 42.5 Å². The minimum Gasteiger partial charge on any atom is -0.423 e. The van der Waals surface area contributed by atoms with Crippen molar-refractivity contribution in [3.63, 3.8) is 0 Å². The quantitative estimate of drug-likeness (QED) is 0.362. The largest absolute Gasteiger partial charge is 0.423 e. The first kappa shape index (κ1) is 18.6. The first-order valence-corrected chi connectivity index (χ1v) is 9.41. The highest BCUT2D eigenvalue weighted by atomic mass is 79.9. The Hall–Kier alpha value is -2.19. The van der Waals surface area contributed by atoms with Crippen molar-refractivity contribution in [2.24, 2.45) is 0 Å². The van der Waals surface area contributed by atoms with Crippen molar-refractivity contribution < 1.29 is 4.42 Å². The third kappa shape index (κ3) is 4.50. The molecule has 2 aromatic heterocycles. The van der Waals surface area contributed by atoms with Crippen molar-refractivity contribution in [2.45, 2.75) is 26.8 Å². The van der Waals surface area contributed by atoms with Crippen molar-refractivity contribution in [2.75, 3.05) is 11.9 Å². The third-order valence-electron chi connectivity index (χ3n) is 3.95. The molecule has 1 aromatic carbocycles. The van der Waals surface area contributed by atoms with E-state index >= 15 is 0 Å². The Morgan fingerprint density at radius 3 is 2.88 bits per heavy atom. The molecule has 0 atom stereocenters. The van der Waals surface area contributed by atoms with E-state index in [2.05, 4.69) is 31.7 Å². The standard InChI is InChI=1S/C18H19BrN4O2S/c1-11-8-17(24)25-16-9-13(4-5-14(11)16)21-18(26)20-6-3-7-23-10-15(19)12(2)22-23/h4-5,8-10H,3,6-7H2,1-2H3,(H2,20,21,26). The summed E-state index contributed by atoms with van der Waals surface area (Å²) in [6, 6.07) is 7.09. The highest BCUT2D eigenvalue weighted by Crippen LogP contribution is 2.20. The van der Waals surface area contributed by atoms with Gasteiger partial charge in [-0.25, -0.2) is 4.79 Å². The maximum absolute atomic E-state index is 11.5. The average molecular weight is 435 g/mol. The molecule has 0 bridgehead atoms. The minimum atomic E-state index is -0.353. The molecule has 2 N–H and O–H groups in total. The second-order valence-electron chi connectivity index (χ2n) is 6.02. The molecule has 6 nitrogen and oxygen atoms in total. The summed E-state index contributed by atoms with van der Waals surface area (Å²) in [5.74, 6) is 0. The fraction of sp³-hybridized carbons (Fsp3) is 0.278. The van der Waals surface area contributed by atoms with Gasteiger partial charge in [0.1, 0.15) is 5.58 Å². The number of aryl methyl sites for hydroxylation is 3. The number of hydrogen-bond acceptors (Lipinski definition) is 4. The first-order chi connectivity index (χ1) is 12.4. The zero-order valence-electron chi connectivity index (χ0n) is 14.5. The number of thiocarbonyl (C=S) groups is 1. The fourth-order valence-corrected chi connectivity index (χ4v) is 3.16. The molecule has 2 heterocycles. The normalized spacial score (nSPS) is 10.9. The lowest BCUT2D eigenvalue weighted by Gasteiger charge is -2.11. The molecular formula is C18H19BrN4O2S. The second-order valence-corrected chi connectivity index (χ2v) is 7.28. The van der Waals surface area contributed by atoms with E-state index in [1.807, 2.05) is 36.9 Å². The Labute approximate surface area is 164 Å². The number of rotatable bonds is 5. The van der Waals surface area contributed by atoms with Gasteiger partial charge >= 0.3 is 5.63 Å². The lowest BCUT2D eigenvalue weighted by Crippen LogP contribution is -2.29. The summed E-state index contributed by atoms with van der Waals surface area (Å²) in [6.45, 7) is 5.38. The number of hydrogen-bond donors (Lipinski definition) is 2. The number of benzene rings is 1. The molecule has 3 aromatic rings. The molecule has 0 aliphatic carbocycles. The van der Waals surface area contributed by atoms with Crippen LogP contribution < -0.4 is 16.3 Å². The number of halogens is 1. The van der Waals surface area contributed by atoms with Crippen molar-refractivity contribution in [1.29, 1.82) is 0 Å². The molecule has 136 valence electrons. The van der Waals surface area contributed by atoms with E-state index in [0.717, 1.165) is 46.3 Å². The second kappa shape index (κ2) is 8.01. The van der Waals surface area contributed by atoms with Crippen molar-refractivity contribution in [3.05, 3.63) is 56.6 Å². The van der Waals surface area contributed by atoms with Gasteiger partial charge in [0.15, 0.2) is 5.11 Å². The molecule has 0 spiro atoms. The van der Waals surface area contributed by atoms with Crippen LogP contribution in [0.15, 0.2) is 44.1 Å². The average Bonchev–Trinajstić information content (AvgIpc) is 2.89. The van der Waals surface area contributed by atoms with Crippen LogP contribution in [-0.2, 0) is 6.54 Å². The van der Waals surface area contributed by atoms with Crippen LogP contribution in [0.4, 0.5) is 5.69 Å². The van der Waals surface area contributed by atoms with E-state index in [9.17, 15) is 4.79 Å². The molecule has 0 aliphatic rings. The molecule has 8 heteroatoms. The van der Waals surface area contributed by atoms with Crippen LogP contribution in [0.5, 0.6) is 0 Å². The minimum absolute atomic E-state index is 0.353.